The van der Waals surface area contributed by atoms with Crippen molar-refractivity contribution in [3.8, 4) is 0 Å². The van der Waals surface area contributed by atoms with Gasteiger partial charge in [-0.05, 0) is 43.0 Å². The minimum Gasteiger partial charge on any atom is -0.364 e. The van der Waals surface area contributed by atoms with Crippen LogP contribution in [-0.4, -0.2) is 18.9 Å². The van der Waals surface area contributed by atoms with Crippen LogP contribution in [0.5, 0.6) is 0 Å². The molecule has 3 heteroatoms. The van der Waals surface area contributed by atoms with Crippen molar-refractivity contribution < 1.29 is 9.18 Å². The fraction of sp³-hybridized carbons (Fsp3) is 0.278. The molecule has 108 valence electrons. The van der Waals surface area contributed by atoms with Gasteiger partial charge in [0.05, 0.1) is 12.1 Å². The van der Waals surface area contributed by atoms with E-state index in [1.165, 1.54) is 11.6 Å². The first-order chi connectivity index (χ1) is 10.3. The number of ketones is 1. The number of para-hydroxylation sites is 1. The fourth-order valence-electron chi connectivity index (χ4n) is 2.88. The number of rotatable bonds is 3. The van der Waals surface area contributed by atoms with E-state index < -0.39 is 5.82 Å². The summed E-state index contributed by atoms with van der Waals surface area (Å²) in [5, 5.41) is 0. The lowest BCUT2D eigenvalue weighted by Crippen LogP contribution is -2.31. The van der Waals surface area contributed by atoms with Gasteiger partial charge in [0.25, 0.3) is 0 Å². The van der Waals surface area contributed by atoms with Crippen molar-refractivity contribution in [3.63, 3.8) is 0 Å². The monoisotopic (exact) mass is 283 g/mol. The zero-order valence-electron chi connectivity index (χ0n) is 11.9. The minimum atomic E-state index is -0.439. The number of hydrogen-bond acceptors (Lipinski definition) is 2. The molecule has 0 radical (unpaired) electrons. The molecule has 1 heterocycles. The molecule has 0 N–H and O–H groups in total. The Hall–Kier alpha value is -2.16. The van der Waals surface area contributed by atoms with E-state index in [4.69, 9.17) is 0 Å². The van der Waals surface area contributed by atoms with E-state index in [0.29, 0.717) is 0 Å². The third kappa shape index (κ3) is 2.97. The quantitative estimate of drug-likeness (QED) is 0.797. The van der Waals surface area contributed by atoms with Crippen molar-refractivity contribution in [2.75, 3.05) is 18.0 Å². The van der Waals surface area contributed by atoms with Gasteiger partial charge >= 0.3 is 0 Å². The standard InChI is InChI=1S/C18H18FNO/c19-16-10-3-2-9-15(16)18(21)13-20-12-6-5-8-14-7-1-4-11-17(14)20/h1-4,7,9-11H,5-6,8,12-13H2. The molecule has 0 atom stereocenters. The lowest BCUT2D eigenvalue weighted by Gasteiger charge is -2.24. The van der Waals surface area contributed by atoms with Crippen molar-refractivity contribution >= 4 is 11.5 Å². The van der Waals surface area contributed by atoms with Gasteiger partial charge in [-0.25, -0.2) is 4.39 Å². The van der Waals surface area contributed by atoms with Gasteiger partial charge in [-0.15, -0.1) is 0 Å². The van der Waals surface area contributed by atoms with Crippen LogP contribution in [0.15, 0.2) is 48.5 Å². The average Bonchev–Trinajstić information content (AvgIpc) is 2.70. The summed E-state index contributed by atoms with van der Waals surface area (Å²) in [6, 6.07) is 14.4. The molecule has 0 saturated heterocycles. The van der Waals surface area contributed by atoms with Crippen LogP contribution in [0.2, 0.25) is 0 Å². The molecule has 0 saturated carbocycles. The summed E-state index contributed by atoms with van der Waals surface area (Å²) in [5.74, 6) is -0.601. The molecular formula is C18H18FNO. The molecule has 2 aromatic carbocycles. The van der Waals surface area contributed by atoms with Gasteiger partial charge in [0, 0.05) is 12.2 Å². The second-order valence-electron chi connectivity index (χ2n) is 5.41. The van der Waals surface area contributed by atoms with Gasteiger partial charge < -0.3 is 4.90 Å². The van der Waals surface area contributed by atoms with E-state index in [-0.39, 0.29) is 17.9 Å². The second kappa shape index (κ2) is 6.08. The van der Waals surface area contributed by atoms with Gasteiger partial charge in [-0.3, -0.25) is 4.79 Å². The number of hydrogen-bond donors (Lipinski definition) is 0. The molecule has 0 aliphatic carbocycles. The van der Waals surface area contributed by atoms with E-state index in [1.54, 1.807) is 18.2 Å². The lowest BCUT2D eigenvalue weighted by atomic mass is 10.1. The van der Waals surface area contributed by atoms with Gasteiger partial charge in [-0.1, -0.05) is 30.3 Å². The SMILES string of the molecule is O=C(CN1CCCCc2ccccc21)c1ccccc1F. The third-order valence-corrected chi connectivity index (χ3v) is 3.97. The Morgan fingerprint density at radius 1 is 1.05 bits per heavy atom. The Bertz CT molecular complexity index is 653. The van der Waals surface area contributed by atoms with Gasteiger partial charge in [0.1, 0.15) is 5.82 Å². The number of carbonyl (C=O) groups is 1. The van der Waals surface area contributed by atoms with Gasteiger partial charge in [-0.2, -0.15) is 0 Å². The predicted molar refractivity (Wildman–Crippen MR) is 82.3 cm³/mol. The topological polar surface area (TPSA) is 20.3 Å². The number of fused-ring (bicyclic) bond motifs is 1. The fourth-order valence-corrected chi connectivity index (χ4v) is 2.88. The summed E-state index contributed by atoms with van der Waals surface area (Å²) in [6.07, 6.45) is 3.22. The van der Waals surface area contributed by atoms with Crippen molar-refractivity contribution in [2.45, 2.75) is 19.3 Å². The van der Waals surface area contributed by atoms with Crippen LogP contribution >= 0.6 is 0 Å². The average molecular weight is 283 g/mol. The maximum atomic E-state index is 13.7. The van der Waals surface area contributed by atoms with E-state index in [9.17, 15) is 9.18 Å². The molecule has 2 nitrogen and oxygen atoms in total. The Balaban J connectivity index is 1.85. The van der Waals surface area contributed by atoms with Crippen LogP contribution in [-0.2, 0) is 6.42 Å². The van der Waals surface area contributed by atoms with Crippen LogP contribution in [0.25, 0.3) is 0 Å². The molecule has 1 aliphatic rings. The molecule has 0 unspecified atom stereocenters. The lowest BCUT2D eigenvalue weighted by molar-refractivity contribution is 0.0995. The number of carbonyl (C=O) groups excluding carboxylic acids is 1. The van der Waals surface area contributed by atoms with Crippen LogP contribution in [0.4, 0.5) is 10.1 Å². The first-order valence-electron chi connectivity index (χ1n) is 7.36. The van der Waals surface area contributed by atoms with Crippen molar-refractivity contribution in [1.82, 2.24) is 0 Å². The van der Waals surface area contributed by atoms with Crippen molar-refractivity contribution in [2.24, 2.45) is 0 Å². The highest BCUT2D eigenvalue weighted by Crippen LogP contribution is 2.26. The second-order valence-corrected chi connectivity index (χ2v) is 5.41. The predicted octanol–water partition coefficient (Wildman–Crippen LogP) is 3.85. The molecule has 0 aromatic heterocycles. The zero-order valence-corrected chi connectivity index (χ0v) is 11.9. The van der Waals surface area contributed by atoms with Crippen molar-refractivity contribution in [1.29, 1.82) is 0 Å². The molecule has 0 amide bonds. The molecule has 21 heavy (non-hydrogen) atoms. The first kappa shape index (κ1) is 13.8. The van der Waals surface area contributed by atoms with E-state index in [1.807, 2.05) is 12.1 Å². The van der Waals surface area contributed by atoms with Crippen LogP contribution in [0.1, 0.15) is 28.8 Å². The summed E-state index contributed by atoms with van der Waals surface area (Å²) < 4.78 is 13.7. The summed E-state index contributed by atoms with van der Waals surface area (Å²) in [7, 11) is 0. The number of nitrogens with zero attached hydrogens (tertiary/aromatic N) is 1. The zero-order chi connectivity index (χ0) is 14.7. The maximum Gasteiger partial charge on any atom is 0.185 e. The van der Waals surface area contributed by atoms with E-state index >= 15 is 0 Å². The van der Waals surface area contributed by atoms with Gasteiger partial charge in [0.15, 0.2) is 5.78 Å². The Morgan fingerprint density at radius 3 is 2.67 bits per heavy atom. The molecule has 1 aliphatic heterocycles. The summed E-state index contributed by atoms with van der Waals surface area (Å²) in [4.78, 5) is 14.5. The van der Waals surface area contributed by atoms with E-state index in [0.717, 1.165) is 31.5 Å². The Labute approximate surface area is 124 Å². The van der Waals surface area contributed by atoms with Crippen LogP contribution < -0.4 is 4.90 Å². The third-order valence-electron chi connectivity index (χ3n) is 3.97. The number of benzene rings is 2. The normalized spacial score (nSPS) is 14.4. The van der Waals surface area contributed by atoms with Crippen molar-refractivity contribution in [3.05, 3.63) is 65.5 Å². The number of Topliss-reactive ketones (excluding diaryl/α,β-unsaturated/α-hetero) is 1. The highest BCUT2D eigenvalue weighted by molar-refractivity contribution is 5.99. The highest BCUT2D eigenvalue weighted by atomic mass is 19.1. The van der Waals surface area contributed by atoms with Crippen LogP contribution in [0, 0.1) is 5.82 Å². The molecular weight excluding hydrogens is 265 g/mol. The Morgan fingerprint density at radius 2 is 1.81 bits per heavy atom. The molecule has 0 spiro atoms. The van der Waals surface area contributed by atoms with Crippen LogP contribution in [0.3, 0.4) is 0 Å². The molecule has 0 bridgehead atoms. The van der Waals surface area contributed by atoms with Gasteiger partial charge in [0.2, 0.25) is 0 Å². The molecule has 3 rings (SSSR count). The summed E-state index contributed by atoms with van der Waals surface area (Å²) >= 11 is 0. The highest BCUT2D eigenvalue weighted by Gasteiger charge is 2.19. The molecule has 0 fully saturated rings. The smallest absolute Gasteiger partial charge is 0.185 e. The Kier molecular flexibility index (Phi) is 4.00. The van der Waals surface area contributed by atoms with E-state index in [2.05, 4.69) is 17.0 Å². The summed E-state index contributed by atoms with van der Waals surface area (Å²) in [6.45, 7) is 1.08. The first-order valence-corrected chi connectivity index (χ1v) is 7.36. The largest absolute Gasteiger partial charge is 0.364 e. The number of anilines is 1. The molecule has 2 aromatic rings. The number of halogens is 1. The number of aryl methyl sites for hydroxylation is 1. The minimum absolute atomic E-state index is 0.162. The maximum absolute atomic E-state index is 13.7. The summed E-state index contributed by atoms with van der Waals surface area (Å²) in [5.41, 5.74) is 2.57.